The van der Waals surface area contributed by atoms with Crippen LogP contribution in [0, 0.1) is 25.2 Å². The highest BCUT2D eigenvalue weighted by atomic mass is 15.3. The van der Waals surface area contributed by atoms with Gasteiger partial charge in [-0.05, 0) is 20.8 Å². The van der Waals surface area contributed by atoms with Crippen molar-refractivity contribution in [3.05, 3.63) is 29.5 Å². The van der Waals surface area contributed by atoms with Gasteiger partial charge in [-0.1, -0.05) is 0 Å². The Morgan fingerprint density at radius 2 is 2.11 bits per heavy atom. The fourth-order valence-electron chi connectivity index (χ4n) is 1.76. The van der Waals surface area contributed by atoms with Gasteiger partial charge in [-0.2, -0.15) is 10.4 Å². The van der Waals surface area contributed by atoms with E-state index in [0.717, 1.165) is 23.6 Å². The molecule has 0 saturated heterocycles. The summed E-state index contributed by atoms with van der Waals surface area (Å²) in [6, 6.07) is 1.94. The number of anilines is 2. The lowest BCUT2D eigenvalue weighted by atomic mass is 10.3. The maximum Gasteiger partial charge on any atom is 0.158 e. The maximum absolute atomic E-state index is 8.66. The lowest BCUT2D eigenvalue weighted by molar-refractivity contribution is 0.634. The monoisotopic (exact) mass is 242 g/mol. The summed E-state index contributed by atoms with van der Waals surface area (Å²) in [4.78, 5) is 8.10. The molecule has 0 unspecified atom stereocenters. The third-order valence-corrected chi connectivity index (χ3v) is 2.70. The molecular formula is C12H14N6. The summed E-state index contributed by atoms with van der Waals surface area (Å²) >= 11 is 0. The molecule has 92 valence electrons. The van der Waals surface area contributed by atoms with Crippen LogP contribution in [0.2, 0.25) is 0 Å². The number of hydrogen-bond donors (Lipinski definition) is 1. The first-order valence-electron chi connectivity index (χ1n) is 5.69. The van der Waals surface area contributed by atoms with Gasteiger partial charge in [0.2, 0.25) is 0 Å². The molecule has 2 rings (SSSR count). The molecule has 0 saturated carbocycles. The zero-order valence-corrected chi connectivity index (χ0v) is 10.6. The first-order chi connectivity index (χ1) is 8.65. The van der Waals surface area contributed by atoms with Gasteiger partial charge in [-0.25, -0.2) is 9.97 Å². The average molecular weight is 242 g/mol. The van der Waals surface area contributed by atoms with Crippen LogP contribution in [0.1, 0.15) is 24.0 Å². The number of rotatable bonds is 3. The van der Waals surface area contributed by atoms with Crippen molar-refractivity contribution in [1.29, 1.82) is 5.26 Å². The summed E-state index contributed by atoms with van der Waals surface area (Å²) in [5.41, 5.74) is 3.22. The van der Waals surface area contributed by atoms with Gasteiger partial charge >= 0.3 is 0 Å². The molecule has 0 amide bonds. The van der Waals surface area contributed by atoms with Crippen LogP contribution in [0.15, 0.2) is 12.4 Å². The second-order valence-corrected chi connectivity index (χ2v) is 3.89. The lowest BCUT2D eigenvalue weighted by Crippen LogP contribution is -2.00. The van der Waals surface area contributed by atoms with Crippen LogP contribution < -0.4 is 5.32 Å². The SMILES string of the molecule is CCn1nc(C)c(Nc2cnc(C#N)cn2)c1C. The van der Waals surface area contributed by atoms with Crippen LogP contribution in [0.25, 0.3) is 0 Å². The highest BCUT2D eigenvalue weighted by Crippen LogP contribution is 2.22. The van der Waals surface area contributed by atoms with Crippen LogP contribution in [0.4, 0.5) is 11.5 Å². The second-order valence-electron chi connectivity index (χ2n) is 3.89. The predicted octanol–water partition coefficient (Wildman–Crippen LogP) is 1.93. The Kier molecular flexibility index (Phi) is 3.24. The van der Waals surface area contributed by atoms with Crippen molar-refractivity contribution >= 4 is 11.5 Å². The van der Waals surface area contributed by atoms with E-state index in [2.05, 4.69) is 20.4 Å². The summed E-state index contributed by atoms with van der Waals surface area (Å²) < 4.78 is 1.93. The number of hydrogen-bond acceptors (Lipinski definition) is 5. The van der Waals surface area contributed by atoms with Crippen LogP contribution in [-0.4, -0.2) is 19.7 Å². The van der Waals surface area contributed by atoms with Gasteiger partial charge in [0.1, 0.15) is 11.9 Å². The number of nitrogens with zero attached hydrogens (tertiary/aromatic N) is 5. The molecule has 18 heavy (non-hydrogen) atoms. The van der Waals surface area contributed by atoms with Crippen molar-refractivity contribution in [2.45, 2.75) is 27.3 Å². The molecule has 0 aliphatic carbocycles. The van der Waals surface area contributed by atoms with E-state index in [1.807, 2.05) is 31.5 Å². The molecule has 0 aliphatic rings. The fraction of sp³-hybridized carbons (Fsp3) is 0.333. The molecule has 0 radical (unpaired) electrons. The van der Waals surface area contributed by atoms with Crippen molar-refractivity contribution in [2.24, 2.45) is 0 Å². The van der Waals surface area contributed by atoms with Crippen LogP contribution >= 0.6 is 0 Å². The third-order valence-electron chi connectivity index (χ3n) is 2.70. The Morgan fingerprint density at radius 3 is 2.61 bits per heavy atom. The number of nitrogens with one attached hydrogen (secondary N) is 1. The van der Waals surface area contributed by atoms with Crippen molar-refractivity contribution in [1.82, 2.24) is 19.7 Å². The van der Waals surface area contributed by atoms with E-state index in [1.54, 1.807) is 6.20 Å². The summed E-state index contributed by atoms with van der Waals surface area (Å²) in [5.74, 6) is 0.607. The minimum Gasteiger partial charge on any atom is -0.336 e. The molecule has 1 N–H and O–H groups in total. The molecule has 0 fully saturated rings. The quantitative estimate of drug-likeness (QED) is 0.889. The number of aromatic nitrogens is 4. The van der Waals surface area contributed by atoms with Crippen molar-refractivity contribution in [3.63, 3.8) is 0 Å². The van der Waals surface area contributed by atoms with Crippen molar-refractivity contribution in [2.75, 3.05) is 5.32 Å². The molecule has 6 heteroatoms. The Morgan fingerprint density at radius 1 is 1.33 bits per heavy atom. The molecule has 0 aliphatic heterocycles. The largest absolute Gasteiger partial charge is 0.336 e. The van der Waals surface area contributed by atoms with E-state index < -0.39 is 0 Å². The molecule has 2 aromatic heterocycles. The highest BCUT2D eigenvalue weighted by Gasteiger charge is 2.11. The minimum atomic E-state index is 0.304. The topological polar surface area (TPSA) is 79.4 Å². The summed E-state index contributed by atoms with van der Waals surface area (Å²) in [7, 11) is 0. The zero-order valence-electron chi connectivity index (χ0n) is 10.6. The standard InChI is InChI=1S/C12H14N6/c1-4-18-9(3)12(8(2)17-18)16-11-7-14-10(5-13)6-15-11/h6-7H,4H2,1-3H3,(H,15,16). The summed E-state index contributed by atoms with van der Waals surface area (Å²) in [6.07, 6.45) is 2.98. The molecule has 0 spiro atoms. The number of aryl methyl sites for hydroxylation is 2. The van der Waals surface area contributed by atoms with E-state index >= 15 is 0 Å². The van der Waals surface area contributed by atoms with E-state index in [4.69, 9.17) is 5.26 Å². The van der Waals surface area contributed by atoms with Crippen LogP contribution in [0.5, 0.6) is 0 Å². The molecule has 0 bridgehead atoms. The molecule has 2 aromatic rings. The maximum atomic E-state index is 8.66. The third kappa shape index (κ3) is 2.15. The molecule has 0 aromatic carbocycles. The first kappa shape index (κ1) is 12.0. The van der Waals surface area contributed by atoms with Gasteiger partial charge in [-0.15, -0.1) is 0 Å². The molecule has 0 atom stereocenters. The Bertz CT molecular complexity index is 590. The number of nitriles is 1. The van der Waals surface area contributed by atoms with E-state index in [0.29, 0.717) is 11.5 Å². The van der Waals surface area contributed by atoms with Gasteiger partial charge in [0.25, 0.3) is 0 Å². The Balaban J connectivity index is 2.28. The van der Waals surface area contributed by atoms with E-state index in [-0.39, 0.29) is 0 Å². The van der Waals surface area contributed by atoms with Gasteiger partial charge < -0.3 is 5.32 Å². The Labute approximate surface area is 105 Å². The highest BCUT2D eigenvalue weighted by molar-refractivity contribution is 5.61. The summed E-state index contributed by atoms with van der Waals surface area (Å²) in [6.45, 7) is 6.82. The molecule has 2 heterocycles. The normalized spacial score (nSPS) is 10.1. The van der Waals surface area contributed by atoms with Gasteiger partial charge in [-0.3, -0.25) is 4.68 Å². The minimum absolute atomic E-state index is 0.304. The van der Waals surface area contributed by atoms with E-state index in [1.165, 1.54) is 6.20 Å². The van der Waals surface area contributed by atoms with Gasteiger partial charge in [0.05, 0.1) is 29.5 Å². The van der Waals surface area contributed by atoms with Gasteiger partial charge in [0.15, 0.2) is 5.69 Å². The predicted molar refractivity (Wildman–Crippen MR) is 67.4 cm³/mol. The first-order valence-corrected chi connectivity index (χ1v) is 5.69. The summed E-state index contributed by atoms with van der Waals surface area (Å²) in [5, 5.41) is 16.2. The van der Waals surface area contributed by atoms with Crippen molar-refractivity contribution in [3.8, 4) is 6.07 Å². The van der Waals surface area contributed by atoms with Crippen molar-refractivity contribution < 1.29 is 0 Å². The Hall–Kier alpha value is -2.42. The molecule has 6 nitrogen and oxygen atoms in total. The van der Waals surface area contributed by atoms with E-state index in [9.17, 15) is 0 Å². The van der Waals surface area contributed by atoms with Crippen LogP contribution in [0.3, 0.4) is 0 Å². The van der Waals surface area contributed by atoms with Gasteiger partial charge in [0, 0.05) is 6.54 Å². The average Bonchev–Trinajstić information content (AvgIpc) is 2.67. The smallest absolute Gasteiger partial charge is 0.158 e. The second kappa shape index (κ2) is 4.84. The van der Waals surface area contributed by atoms with Crippen LogP contribution in [-0.2, 0) is 6.54 Å². The zero-order chi connectivity index (χ0) is 13.1. The fourth-order valence-corrected chi connectivity index (χ4v) is 1.76. The molecular weight excluding hydrogens is 228 g/mol. The lowest BCUT2D eigenvalue weighted by Gasteiger charge is -2.05.